The van der Waals surface area contributed by atoms with Gasteiger partial charge in [-0.1, -0.05) is 30.3 Å². The molecule has 0 unspecified atom stereocenters. The van der Waals surface area contributed by atoms with Crippen LogP contribution in [0.1, 0.15) is 20.8 Å². The smallest absolute Gasteiger partial charge is 0.395 e. The van der Waals surface area contributed by atoms with Crippen molar-refractivity contribution in [1.82, 2.24) is 0 Å². The lowest BCUT2D eigenvalue weighted by Crippen LogP contribution is -2.69. The lowest BCUT2D eigenvalue weighted by atomic mass is 10.4. The number of hydrogen-bond acceptors (Lipinski definition) is 6. The van der Waals surface area contributed by atoms with Gasteiger partial charge in [-0.3, -0.25) is 0 Å². The van der Waals surface area contributed by atoms with Crippen molar-refractivity contribution in [1.29, 1.82) is 0 Å². The highest BCUT2D eigenvalue weighted by atomic mass is 28.5. The molecular formula is C18H38O6Si4. The summed E-state index contributed by atoms with van der Waals surface area (Å²) in [6, 6.07) is 9.95. The molecule has 0 amide bonds. The molecule has 0 aliphatic rings. The van der Waals surface area contributed by atoms with Crippen molar-refractivity contribution in [3.8, 4) is 0 Å². The Labute approximate surface area is 175 Å². The first-order chi connectivity index (χ1) is 12.9. The largest absolute Gasteiger partial charge is 0.510 e. The summed E-state index contributed by atoms with van der Waals surface area (Å²) in [4.78, 5) is 0. The Hall–Kier alpha value is -0.152. The van der Waals surface area contributed by atoms with Crippen molar-refractivity contribution in [3.63, 3.8) is 0 Å². The fraction of sp³-hybridized carbons (Fsp3) is 0.667. The van der Waals surface area contributed by atoms with Crippen molar-refractivity contribution in [2.45, 2.75) is 60.1 Å². The molecule has 1 rings (SSSR count). The van der Waals surface area contributed by atoms with Crippen LogP contribution < -0.4 is 5.19 Å². The third kappa shape index (κ3) is 8.30. The Bertz CT molecular complexity index is 532. The second-order valence-corrected chi connectivity index (χ2v) is 21.1. The highest BCUT2D eigenvalue weighted by Crippen LogP contribution is 2.27. The molecule has 0 spiro atoms. The molecule has 0 aromatic heterocycles. The van der Waals surface area contributed by atoms with Gasteiger partial charge in [0, 0.05) is 25.0 Å². The highest BCUT2D eigenvalue weighted by molar-refractivity contribution is 6.93. The first-order valence-corrected chi connectivity index (χ1v) is 20.2. The maximum Gasteiger partial charge on any atom is 0.510 e. The lowest BCUT2D eigenvalue weighted by Gasteiger charge is -2.43. The van der Waals surface area contributed by atoms with Crippen molar-refractivity contribution < 1.29 is 25.6 Å². The van der Waals surface area contributed by atoms with Crippen LogP contribution >= 0.6 is 0 Å². The molecule has 0 atom stereocenters. The molecule has 0 saturated heterocycles. The van der Waals surface area contributed by atoms with E-state index in [-0.39, 0.29) is 0 Å². The zero-order chi connectivity index (χ0) is 21.5. The molecule has 6 nitrogen and oxygen atoms in total. The summed E-state index contributed by atoms with van der Waals surface area (Å²) in [5.41, 5.74) is 0. The summed E-state index contributed by atoms with van der Waals surface area (Å²) < 4.78 is 38.2. The molecule has 1 aromatic rings. The van der Waals surface area contributed by atoms with Gasteiger partial charge in [-0.2, -0.15) is 0 Å². The number of benzene rings is 1. The first-order valence-electron chi connectivity index (χ1n) is 9.99. The van der Waals surface area contributed by atoms with Crippen LogP contribution in [0, 0.1) is 0 Å². The fourth-order valence-electron chi connectivity index (χ4n) is 2.98. The van der Waals surface area contributed by atoms with Crippen molar-refractivity contribution >= 4 is 39.7 Å². The van der Waals surface area contributed by atoms with Crippen molar-refractivity contribution in [3.05, 3.63) is 30.3 Å². The van der Waals surface area contributed by atoms with Gasteiger partial charge >= 0.3 is 34.5 Å². The molecule has 1 aromatic carbocycles. The van der Waals surface area contributed by atoms with E-state index in [1.807, 2.05) is 90.4 Å². The monoisotopic (exact) mass is 462 g/mol. The molecule has 0 heterocycles. The quantitative estimate of drug-likeness (QED) is 0.411. The molecule has 0 fully saturated rings. The maximum absolute atomic E-state index is 6.74. The SMILES string of the molecule is CCO[Si](C)(C)O[Si](O[Si](C)(C)OCC)(O[Si](C)(C)OCC)c1ccccc1. The molecule has 162 valence electrons. The Morgan fingerprint density at radius 1 is 0.571 bits per heavy atom. The fourth-order valence-corrected chi connectivity index (χ4v) is 17.2. The average molecular weight is 463 g/mol. The van der Waals surface area contributed by atoms with Gasteiger partial charge in [0.2, 0.25) is 0 Å². The van der Waals surface area contributed by atoms with E-state index < -0.39 is 34.5 Å². The number of rotatable bonds is 13. The summed E-state index contributed by atoms with van der Waals surface area (Å²) >= 11 is 0. The highest BCUT2D eigenvalue weighted by Gasteiger charge is 2.56. The van der Waals surface area contributed by atoms with Crippen LogP contribution in [0.2, 0.25) is 39.3 Å². The van der Waals surface area contributed by atoms with Gasteiger partial charge in [-0.15, -0.1) is 0 Å². The topological polar surface area (TPSA) is 55.4 Å². The summed E-state index contributed by atoms with van der Waals surface area (Å²) in [5.74, 6) is 0. The Kier molecular flexibility index (Phi) is 9.94. The van der Waals surface area contributed by atoms with Crippen LogP contribution in [0.3, 0.4) is 0 Å². The van der Waals surface area contributed by atoms with E-state index in [1.54, 1.807) is 0 Å². The van der Waals surface area contributed by atoms with Gasteiger partial charge in [-0.25, -0.2) is 0 Å². The van der Waals surface area contributed by atoms with E-state index >= 15 is 0 Å². The molecule has 10 heteroatoms. The summed E-state index contributed by atoms with van der Waals surface area (Å²) in [5, 5.41) is 0.913. The molecule has 0 N–H and O–H groups in total. The van der Waals surface area contributed by atoms with Crippen LogP contribution in [0.5, 0.6) is 0 Å². The van der Waals surface area contributed by atoms with E-state index in [2.05, 4.69) is 0 Å². The van der Waals surface area contributed by atoms with Crippen LogP contribution in [-0.4, -0.2) is 54.3 Å². The van der Waals surface area contributed by atoms with E-state index in [9.17, 15) is 0 Å². The van der Waals surface area contributed by atoms with Gasteiger partial charge in [0.15, 0.2) is 0 Å². The summed E-state index contributed by atoms with van der Waals surface area (Å²) in [6.45, 7) is 19.8. The molecule has 0 bridgehead atoms. The van der Waals surface area contributed by atoms with Gasteiger partial charge in [-0.05, 0) is 60.1 Å². The third-order valence-corrected chi connectivity index (χ3v) is 16.9. The van der Waals surface area contributed by atoms with Crippen LogP contribution in [0.4, 0.5) is 0 Å². The lowest BCUT2D eigenvalue weighted by molar-refractivity contribution is 0.154. The van der Waals surface area contributed by atoms with Crippen LogP contribution in [-0.2, 0) is 25.6 Å². The molecule has 0 aliphatic heterocycles. The van der Waals surface area contributed by atoms with Gasteiger partial charge < -0.3 is 25.6 Å². The predicted molar refractivity (Wildman–Crippen MR) is 122 cm³/mol. The van der Waals surface area contributed by atoms with Gasteiger partial charge in [0.25, 0.3) is 0 Å². The minimum absolute atomic E-state index is 0.580. The average Bonchev–Trinajstić information content (AvgIpc) is 2.53. The molecule has 28 heavy (non-hydrogen) atoms. The standard InChI is InChI=1S/C18H38O6Si4/c1-10-19-25(4,5)22-28(18-16-14-13-15-17-18,23-26(6,7)20-11-2)24-27(8,9)21-12-3/h13-17H,10-12H2,1-9H3. The zero-order valence-corrected chi connectivity index (χ0v) is 23.0. The molecule has 0 aliphatic carbocycles. The van der Waals surface area contributed by atoms with Gasteiger partial charge in [0.1, 0.15) is 0 Å². The first kappa shape index (κ1) is 25.9. The van der Waals surface area contributed by atoms with E-state index in [0.717, 1.165) is 5.19 Å². The van der Waals surface area contributed by atoms with E-state index in [1.165, 1.54) is 0 Å². The summed E-state index contributed by atoms with van der Waals surface area (Å²) in [6.07, 6.45) is 0. The maximum atomic E-state index is 6.74. The van der Waals surface area contributed by atoms with E-state index in [0.29, 0.717) is 19.8 Å². The Morgan fingerprint density at radius 2 is 0.893 bits per heavy atom. The van der Waals surface area contributed by atoms with Crippen LogP contribution in [0.25, 0.3) is 0 Å². The minimum atomic E-state index is -3.38. The molecule has 0 radical (unpaired) electrons. The predicted octanol–water partition coefficient (Wildman–Crippen LogP) is 4.10. The number of hydrogen-bond donors (Lipinski definition) is 0. The van der Waals surface area contributed by atoms with E-state index in [4.69, 9.17) is 25.6 Å². The third-order valence-electron chi connectivity index (χ3n) is 3.74. The second-order valence-electron chi connectivity index (χ2n) is 7.73. The van der Waals surface area contributed by atoms with Crippen molar-refractivity contribution in [2.75, 3.05) is 19.8 Å². The Morgan fingerprint density at radius 3 is 1.18 bits per heavy atom. The van der Waals surface area contributed by atoms with Crippen molar-refractivity contribution in [2.24, 2.45) is 0 Å². The second kappa shape index (κ2) is 10.8. The Balaban J connectivity index is 3.51. The molecular weight excluding hydrogens is 425 g/mol. The van der Waals surface area contributed by atoms with Gasteiger partial charge in [0.05, 0.1) is 0 Å². The van der Waals surface area contributed by atoms with Crippen LogP contribution in [0.15, 0.2) is 30.3 Å². The zero-order valence-electron chi connectivity index (χ0n) is 19.0. The minimum Gasteiger partial charge on any atom is -0.395 e. The summed E-state index contributed by atoms with van der Waals surface area (Å²) in [7, 11) is -10.9. The molecule has 0 saturated carbocycles. The normalized spacial score (nSPS) is 13.8.